The molecule has 1 fully saturated rings. The molecule has 1 unspecified atom stereocenters. The van der Waals surface area contributed by atoms with Crippen molar-refractivity contribution in [3.63, 3.8) is 0 Å². The Hall–Kier alpha value is -4.79. The molecule has 1 amide bonds. The van der Waals surface area contributed by atoms with E-state index in [4.69, 9.17) is 0 Å². The molecule has 5 rings (SSSR count). The first kappa shape index (κ1) is 23.0. The summed E-state index contributed by atoms with van der Waals surface area (Å²) in [6.07, 6.45) is 0. The number of fused-ring (bicyclic) bond motifs is 1. The summed E-state index contributed by atoms with van der Waals surface area (Å²) in [5.74, 6) is -2.54. The first-order valence-corrected chi connectivity index (χ1v) is 11.1. The van der Waals surface area contributed by atoms with Crippen molar-refractivity contribution < 1.29 is 24.0 Å². The number of nitrogens with zero attached hydrogens (tertiary/aromatic N) is 2. The minimum atomic E-state index is -0.943. The van der Waals surface area contributed by atoms with Gasteiger partial charge in [0.15, 0.2) is 0 Å². The number of Topliss-reactive ketones (excluding diaryl/α,β-unsaturated/α-hetero) is 1. The van der Waals surface area contributed by atoms with Crippen LogP contribution in [0.4, 0.5) is 10.1 Å². The molecular weight excluding hydrogens is 465 g/mol. The number of aromatic nitrogens is 1. The number of hydrogen-bond acceptors (Lipinski definition) is 5. The van der Waals surface area contributed by atoms with Gasteiger partial charge in [-0.1, -0.05) is 30.3 Å². The molecule has 0 aliphatic carbocycles. The molecule has 1 aliphatic rings. The van der Waals surface area contributed by atoms with Gasteiger partial charge in [0.25, 0.3) is 17.4 Å². The number of carbonyl (C=O) groups excluding carboxylic acids is 2. The first-order chi connectivity index (χ1) is 17.3. The normalized spacial score (nSPS) is 17.2. The lowest BCUT2D eigenvalue weighted by Crippen LogP contribution is -2.29. The average molecular weight is 485 g/mol. The Bertz CT molecular complexity index is 1550. The molecule has 0 saturated carbocycles. The second-order valence-corrected chi connectivity index (χ2v) is 8.57. The van der Waals surface area contributed by atoms with Crippen LogP contribution in [0.5, 0.6) is 0 Å². The van der Waals surface area contributed by atoms with Gasteiger partial charge in [-0.05, 0) is 42.8 Å². The van der Waals surface area contributed by atoms with Crippen LogP contribution in [0, 0.1) is 22.9 Å². The summed E-state index contributed by atoms with van der Waals surface area (Å²) in [6.45, 7) is 1.82. The summed E-state index contributed by atoms with van der Waals surface area (Å²) in [5.41, 5.74) is 2.64. The fourth-order valence-corrected chi connectivity index (χ4v) is 4.68. The number of amides is 1. The molecule has 180 valence electrons. The number of carbonyl (C=O) groups is 2. The third-order valence-electron chi connectivity index (χ3n) is 6.37. The Morgan fingerprint density at radius 1 is 1.06 bits per heavy atom. The van der Waals surface area contributed by atoms with Gasteiger partial charge in [0.1, 0.15) is 11.6 Å². The lowest BCUT2D eigenvalue weighted by atomic mass is 9.93. The average Bonchev–Trinajstić information content (AvgIpc) is 3.32. The molecule has 2 heterocycles. The van der Waals surface area contributed by atoms with Crippen molar-refractivity contribution in [3.05, 3.63) is 117 Å². The van der Waals surface area contributed by atoms with Crippen LogP contribution in [0.3, 0.4) is 0 Å². The van der Waals surface area contributed by atoms with Gasteiger partial charge in [-0.25, -0.2) is 4.39 Å². The standard InChI is InChI=1S/C27H20FN3O5/c1-15-22(20-4-2-3-5-21(20)29-15)24-23(25(32)17-8-12-19(13-9-17)31(35)36)26(33)27(34)30(24)14-16-6-10-18(28)11-7-16/h2-13,24,29,32H,14H2,1H3/b25-23+. The topological polar surface area (TPSA) is 117 Å². The highest BCUT2D eigenvalue weighted by atomic mass is 19.1. The Morgan fingerprint density at radius 3 is 2.39 bits per heavy atom. The highest BCUT2D eigenvalue weighted by molar-refractivity contribution is 6.46. The van der Waals surface area contributed by atoms with Gasteiger partial charge < -0.3 is 15.0 Å². The third kappa shape index (κ3) is 3.80. The van der Waals surface area contributed by atoms with Crippen molar-refractivity contribution in [3.8, 4) is 0 Å². The van der Waals surface area contributed by atoms with Crippen molar-refractivity contribution >= 4 is 34.0 Å². The first-order valence-electron chi connectivity index (χ1n) is 11.1. The molecule has 9 heteroatoms. The Morgan fingerprint density at radius 2 is 1.72 bits per heavy atom. The molecule has 3 aromatic carbocycles. The van der Waals surface area contributed by atoms with E-state index >= 15 is 0 Å². The summed E-state index contributed by atoms with van der Waals surface area (Å²) < 4.78 is 13.5. The van der Waals surface area contributed by atoms with Crippen molar-refractivity contribution in [1.82, 2.24) is 9.88 Å². The number of nitro benzene ring substituents is 1. The van der Waals surface area contributed by atoms with Crippen LogP contribution >= 0.6 is 0 Å². The molecule has 36 heavy (non-hydrogen) atoms. The largest absolute Gasteiger partial charge is 0.507 e. The number of aryl methyl sites for hydroxylation is 1. The number of halogens is 1. The van der Waals surface area contributed by atoms with Crippen LogP contribution in [-0.4, -0.2) is 31.6 Å². The molecule has 4 aromatic rings. The zero-order valence-corrected chi connectivity index (χ0v) is 19.1. The fraction of sp³-hybridized carbons (Fsp3) is 0.111. The molecular formula is C27H20FN3O5. The molecule has 0 radical (unpaired) electrons. The van der Waals surface area contributed by atoms with Crippen molar-refractivity contribution in [1.29, 1.82) is 0 Å². The van der Waals surface area contributed by atoms with Crippen molar-refractivity contribution in [2.45, 2.75) is 19.5 Å². The maximum atomic E-state index is 13.5. The maximum Gasteiger partial charge on any atom is 0.295 e. The zero-order valence-electron chi connectivity index (χ0n) is 19.1. The number of likely N-dealkylation sites (tertiary alicyclic amines) is 1. The van der Waals surface area contributed by atoms with Gasteiger partial charge in [-0.15, -0.1) is 0 Å². The predicted molar refractivity (Wildman–Crippen MR) is 130 cm³/mol. The lowest BCUT2D eigenvalue weighted by Gasteiger charge is -2.26. The van der Waals surface area contributed by atoms with Crippen molar-refractivity contribution in [2.75, 3.05) is 0 Å². The monoisotopic (exact) mass is 485 g/mol. The molecule has 1 atom stereocenters. The number of para-hydroxylation sites is 1. The molecule has 1 aliphatic heterocycles. The number of nitrogens with one attached hydrogen (secondary N) is 1. The number of aromatic amines is 1. The van der Waals surface area contributed by atoms with E-state index in [2.05, 4.69) is 4.98 Å². The van der Waals surface area contributed by atoms with Gasteiger partial charge in [0.05, 0.1) is 16.5 Å². The van der Waals surface area contributed by atoms with E-state index in [1.54, 1.807) is 0 Å². The Labute approximate surface area is 204 Å². The van der Waals surface area contributed by atoms with Crippen LogP contribution < -0.4 is 0 Å². The van der Waals surface area contributed by atoms with Crippen LogP contribution in [0.1, 0.15) is 28.4 Å². The summed E-state index contributed by atoms with van der Waals surface area (Å²) in [6, 6.07) is 17.2. The second-order valence-electron chi connectivity index (χ2n) is 8.57. The van der Waals surface area contributed by atoms with Crippen molar-refractivity contribution in [2.24, 2.45) is 0 Å². The predicted octanol–water partition coefficient (Wildman–Crippen LogP) is 5.15. The third-order valence-corrected chi connectivity index (χ3v) is 6.37. The quantitative estimate of drug-likeness (QED) is 0.133. The number of H-pyrrole nitrogens is 1. The van der Waals surface area contributed by atoms with Gasteiger partial charge >= 0.3 is 0 Å². The van der Waals surface area contributed by atoms with E-state index in [-0.39, 0.29) is 23.4 Å². The zero-order chi connectivity index (χ0) is 25.6. The molecule has 1 aromatic heterocycles. The lowest BCUT2D eigenvalue weighted by molar-refractivity contribution is -0.384. The van der Waals surface area contributed by atoms with E-state index in [9.17, 15) is 29.2 Å². The fourth-order valence-electron chi connectivity index (χ4n) is 4.68. The Balaban J connectivity index is 1.71. The van der Waals surface area contributed by atoms with Crippen LogP contribution in [0.2, 0.25) is 0 Å². The molecule has 2 N–H and O–H groups in total. The van der Waals surface area contributed by atoms with E-state index < -0.39 is 34.2 Å². The number of aliphatic hydroxyl groups is 1. The summed E-state index contributed by atoms with van der Waals surface area (Å²) in [5, 5.41) is 23.1. The number of aliphatic hydroxyl groups excluding tert-OH is 1. The number of non-ortho nitro benzene ring substituents is 1. The summed E-state index contributed by atoms with van der Waals surface area (Å²) in [7, 11) is 0. The highest BCUT2D eigenvalue weighted by Crippen LogP contribution is 2.44. The maximum absolute atomic E-state index is 13.5. The summed E-state index contributed by atoms with van der Waals surface area (Å²) in [4.78, 5) is 41.7. The highest BCUT2D eigenvalue weighted by Gasteiger charge is 2.47. The van der Waals surface area contributed by atoms with Gasteiger partial charge in [0, 0.05) is 46.4 Å². The van der Waals surface area contributed by atoms with E-state index in [1.165, 1.54) is 53.4 Å². The minimum absolute atomic E-state index is 0.00546. The van der Waals surface area contributed by atoms with Gasteiger partial charge in [-0.3, -0.25) is 19.7 Å². The number of nitro groups is 1. The van der Waals surface area contributed by atoms with Gasteiger partial charge in [0.2, 0.25) is 0 Å². The number of hydrogen-bond donors (Lipinski definition) is 2. The number of ketones is 1. The Kier molecular flexibility index (Phi) is 5.60. The van der Waals surface area contributed by atoms with E-state index in [0.29, 0.717) is 16.8 Å². The van der Waals surface area contributed by atoms with Crippen LogP contribution in [-0.2, 0) is 16.1 Å². The van der Waals surface area contributed by atoms with Crippen LogP contribution in [0.15, 0.2) is 78.4 Å². The molecule has 1 saturated heterocycles. The smallest absolute Gasteiger partial charge is 0.295 e. The summed E-state index contributed by atoms with van der Waals surface area (Å²) >= 11 is 0. The number of rotatable bonds is 5. The van der Waals surface area contributed by atoms with Gasteiger partial charge in [-0.2, -0.15) is 0 Å². The molecule has 0 spiro atoms. The number of benzene rings is 3. The molecule has 0 bridgehead atoms. The second kappa shape index (κ2) is 8.77. The van der Waals surface area contributed by atoms with E-state index in [0.717, 1.165) is 10.9 Å². The minimum Gasteiger partial charge on any atom is -0.507 e. The SMILES string of the molecule is Cc1[nH]c2ccccc2c1C1/C(=C(\O)c2ccc([N+](=O)[O-])cc2)C(=O)C(=O)N1Cc1ccc(F)cc1. The molecule has 8 nitrogen and oxygen atoms in total. The van der Waals surface area contributed by atoms with E-state index in [1.807, 2.05) is 31.2 Å². The van der Waals surface area contributed by atoms with Crippen LogP contribution in [0.25, 0.3) is 16.7 Å².